The molecule has 7 nitrogen and oxygen atoms in total. The SMILES string of the molecule is CC(C)Oc1ccc(-c2nc(C(=O)O[C@@H]3CCCN(Cc4ncccn4)C3)cs2)cc1. The summed E-state index contributed by atoms with van der Waals surface area (Å²) in [6, 6.07) is 9.55. The normalized spacial score (nSPS) is 16.9. The number of likely N-dealkylation sites (tertiary alicyclic amines) is 1. The number of piperidine rings is 1. The molecule has 1 aliphatic rings. The molecule has 3 heterocycles. The van der Waals surface area contributed by atoms with Crippen LogP contribution in [0.4, 0.5) is 0 Å². The summed E-state index contributed by atoms with van der Waals surface area (Å²) in [6.07, 6.45) is 5.29. The number of hydrogen-bond acceptors (Lipinski definition) is 8. The number of ether oxygens (including phenoxy) is 2. The predicted octanol–water partition coefficient (Wildman–Crippen LogP) is 4.21. The Morgan fingerprint density at radius 3 is 2.74 bits per heavy atom. The van der Waals surface area contributed by atoms with E-state index in [9.17, 15) is 4.79 Å². The molecule has 1 fully saturated rings. The van der Waals surface area contributed by atoms with Gasteiger partial charge in [0.2, 0.25) is 0 Å². The van der Waals surface area contributed by atoms with Crippen molar-refractivity contribution >= 4 is 17.3 Å². The van der Waals surface area contributed by atoms with Crippen LogP contribution < -0.4 is 4.74 Å². The van der Waals surface area contributed by atoms with Crippen molar-refractivity contribution in [2.24, 2.45) is 0 Å². The highest BCUT2D eigenvalue weighted by Crippen LogP contribution is 2.27. The number of nitrogens with zero attached hydrogens (tertiary/aromatic N) is 4. The van der Waals surface area contributed by atoms with Crippen molar-refractivity contribution in [2.75, 3.05) is 13.1 Å². The highest BCUT2D eigenvalue weighted by molar-refractivity contribution is 7.13. The van der Waals surface area contributed by atoms with Gasteiger partial charge < -0.3 is 9.47 Å². The van der Waals surface area contributed by atoms with Crippen molar-refractivity contribution in [3.8, 4) is 16.3 Å². The number of carbonyl (C=O) groups is 1. The predicted molar refractivity (Wildman–Crippen MR) is 119 cm³/mol. The molecular formula is C23H26N4O3S. The van der Waals surface area contributed by atoms with Crippen LogP contribution in [-0.4, -0.2) is 51.1 Å². The van der Waals surface area contributed by atoms with E-state index in [-0.39, 0.29) is 18.2 Å². The fourth-order valence-corrected chi connectivity index (χ4v) is 4.32. The maximum atomic E-state index is 12.7. The lowest BCUT2D eigenvalue weighted by atomic mass is 10.1. The Kier molecular flexibility index (Phi) is 6.89. The van der Waals surface area contributed by atoms with E-state index in [1.54, 1.807) is 23.8 Å². The standard InChI is InChI=1S/C23H26N4O3S/c1-16(2)29-18-8-6-17(7-9-18)22-26-20(15-31-22)23(28)30-19-5-3-12-27(13-19)14-21-24-10-4-11-25-21/h4,6-11,15-16,19H,3,5,12-14H2,1-2H3/t19-/m1/s1. The van der Waals surface area contributed by atoms with Crippen molar-refractivity contribution in [3.05, 3.63) is 59.6 Å². The van der Waals surface area contributed by atoms with Crippen LogP contribution in [0.2, 0.25) is 0 Å². The van der Waals surface area contributed by atoms with Gasteiger partial charge in [-0.05, 0) is 63.6 Å². The first kappa shape index (κ1) is 21.4. The molecular weight excluding hydrogens is 412 g/mol. The van der Waals surface area contributed by atoms with E-state index in [4.69, 9.17) is 9.47 Å². The van der Waals surface area contributed by atoms with Gasteiger partial charge in [0, 0.05) is 29.9 Å². The molecule has 2 aromatic heterocycles. The molecule has 0 N–H and O–H groups in total. The first-order valence-electron chi connectivity index (χ1n) is 10.5. The largest absolute Gasteiger partial charge is 0.491 e. The maximum absolute atomic E-state index is 12.7. The number of benzene rings is 1. The zero-order valence-corrected chi connectivity index (χ0v) is 18.5. The monoisotopic (exact) mass is 438 g/mol. The molecule has 0 unspecified atom stereocenters. The molecule has 1 saturated heterocycles. The number of thiazole rings is 1. The number of carbonyl (C=O) groups excluding carboxylic acids is 1. The lowest BCUT2D eigenvalue weighted by molar-refractivity contribution is 0.00475. The fourth-order valence-electron chi connectivity index (χ4n) is 3.52. The molecule has 4 rings (SSSR count). The Hall–Kier alpha value is -2.84. The Balaban J connectivity index is 1.34. The van der Waals surface area contributed by atoms with E-state index in [1.165, 1.54) is 11.3 Å². The highest BCUT2D eigenvalue weighted by atomic mass is 32.1. The van der Waals surface area contributed by atoms with Crippen LogP contribution >= 0.6 is 11.3 Å². The first-order valence-corrected chi connectivity index (χ1v) is 11.4. The first-order chi connectivity index (χ1) is 15.1. The van der Waals surface area contributed by atoms with Gasteiger partial charge in [-0.15, -0.1) is 11.3 Å². The second-order valence-corrected chi connectivity index (χ2v) is 8.66. The molecule has 162 valence electrons. The van der Waals surface area contributed by atoms with Crippen molar-refractivity contribution < 1.29 is 14.3 Å². The molecule has 0 radical (unpaired) electrons. The third-order valence-corrected chi connectivity index (χ3v) is 5.80. The summed E-state index contributed by atoms with van der Waals surface area (Å²) >= 11 is 1.44. The van der Waals surface area contributed by atoms with Crippen molar-refractivity contribution in [1.82, 2.24) is 19.9 Å². The van der Waals surface area contributed by atoms with Gasteiger partial charge in [0.1, 0.15) is 22.7 Å². The molecule has 0 saturated carbocycles. The van der Waals surface area contributed by atoms with Crippen molar-refractivity contribution in [1.29, 1.82) is 0 Å². The van der Waals surface area contributed by atoms with Gasteiger partial charge in [0.15, 0.2) is 5.69 Å². The minimum absolute atomic E-state index is 0.128. The molecule has 3 aromatic rings. The zero-order chi connectivity index (χ0) is 21.6. The van der Waals surface area contributed by atoms with Crippen molar-refractivity contribution in [3.63, 3.8) is 0 Å². The zero-order valence-electron chi connectivity index (χ0n) is 17.7. The number of rotatable bonds is 7. The molecule has 0 spiro atoms. The molecule has 1 aliphatic heterocycles. The summed E-state index contributed by atoms with van der Waals surface area (Å²) in [7, 11) is 0. The van der Waals surface area contributed by atoms with Crippen LogP contribution in [0.3, 0.4) is 0 Å². The van der Waals surface area contributed by atoms with Gasteiger partial charge in [-0.3, -0.25) is 4.90 Å². The summed E-state index contributed by atoms with van der Waals surface area (Å²) in [5, 5.41) is 2.55. The van der Waals surface area contributed by atoms with E-state index in [2.05, 4.69) is 19.9 Å². The van der Waals surface area contributed by atoms with Crippen LogP contribution in [0.1, 0.15) is 43.0 Å². The van der Waals surface area contributed by atoms with Crippen LogP contribution in [-0.2, 0) is 11.3 Å². The van der Waals surface area contributed by atoms with Crippen LogP contribution in [0.5, 0.6) is 5.75 Å². The van der Waals surface area contributed by atoms with Gasteiger partial charge >= 0.3 is 5.97 Å². The molecule has 0 amide bonds. The number of esters is 1. The smallest absolute Gasteiger partial charge is 0.358 e. The third kappa shape index (κ3) is 5.86. The third-order valence-electron chi connectivity index (χ3n) is 4.91. The van der Waals surface area contributed by atoms with Gasteiger partial charge in [-0.1, -0.05) is 0 Å². The summed E-state index contributed by atoms with van der Waals surface area (Å²) < 4.78 is 11.4. The van der Waals surface area contributed by atoms with Crippen molar-refractivity contribution in [2.45, 2.75) is 45.4 Å². The van der Waals surface area contributed by atoms with Gasteiger partial charge in [-0.25, -0.2) is 19.7 Å². The lowest BCUT2D eigenvalue weighted by Gasteiger charge is -2.31. The van der Waals surface area contributed by atoms with Crippen LogP contribution in [0, 0.1) is 0 Å². The van der Waals surface area contributed by atoms with Gasteiger partial charge in [0.05, 0.1) is 12.6 Å². The molecule has 31 heavy (non-hydrogen) atoms. The minimum Gasteiger partial charge on any atom is -0.491 e. The molecule has 0 bridgehead atoms. The minimum atomic E-state index is -0.370. The van der Waals surface area contributed by atoms with Gasteiger partial charge in [-0.2, -0.15) is 0 Å². The second-order valence-electron chi connectivity index (χ2n) is 7.80. The Morgan fingerprint density at radius 1 is 1.23 bits per heavy atom. The Labute approximate surface area is 186 Å². The lowest BCUT2D eigenvalue weighted by Crippen LogP contribution is -2.40. The maximum Gasteiger partial charge on any atom is 0.358 e. The molecule has 1 atom stereocenters. The van der Waals surface area contributed by atoms with E-state index in [0.29, 0.717) is 18.8 Å². The summed E-state index contributed by atoms with van der Waals surface area (Å²) in [4.78, 5) is 27.9. The van der Waals surface area contributed by atoms with E-state index in [1.807, 2.05) is 38.1 Å². The second kappa shape index (κ2) is 9.98. The van der Waals surface area contributed by atoms with E-state index < -0.39 is 0 Å². The van der Waals surface area contributed by atoms with Crippen LogP contribution in [0.15, 0.2) is 48.1 Å². The van der Waals surface area contributed by atoms with E-state index in [0.717, 1.165) is 41.5 Å². The average molecular weight is 439 g/mol. The summed E-state index contributed by atoms with van der Waals surface area (Å²) in [5.74, 6) is 1.23. The Morgan fingerprint density at radius 2 is 2.00 bits per heavy atom. The average Bonchev–Trinajstić information content (AvgIpc) is 3.25. The molecule has 0 aliphatic carbocycles. The fraction of sp³-hybridized carbons (Fsp3) is 0.391. The summed E-state index contributed by atoms with van der Waals surface area (Å²) in [6.45, 7) is 6.27. The summed E-state index contributed by atoms with van der Waals surface area (Å²) in [5.41, 5.74) is 1.30. The highest BCUT2D eigenvalue weighted by Gasteiger charge is 2.25. The molecule has 8 heteroatoms. The van der Waals surface area contributed by atoms with Crippen LogP contribution in [0.25, 0.3) is 10.6 Å². The molecule has 1 aromatic carbocycles. The number of hydrogen-bond donors (Lipinski definition) is 0. The number of aromatic nitrogens is 3. The quantitative estimate of drug-likeness (QED) is 0.511. The topological polar surface area (TPSA) is 77.4 Å². The van der Waals surface area contributed by atoms with Gasteiger partial charge in [0.25, 0.3) is 0 Å². The Bertz CT molecular complexity index is 992. The van der Waals surface area contributed by atoms with E-state index >= 15 is 0 Å².